The highest BCUT2D eigenvalue weighted by Crippen LogP contribution is 2.17. The molecule has 0 atom stereocenters. The van der Waals surface area contributed by atoms with E-state index in [-0.39, 0.29) is 0 Å². The monoisotopic (exact) mass is 264 g/mol. The molecule has 2 aromatic rings. The molecule has 0 bridgehead atoms. The Morgan fingerprint density at radius 2 is 2.17 bits per heavy atom. The molecule has 0 spiro atoms. The Hall–Kier alpha value is -1.20. The smallest absolute Gasteiger partial charge is 0.168 e. The van der Waals surface area contributed by atoms with Gasteiger partial charge in [0.1, 0.15) is 0 Å². The van der Waals surface area contributed by atoms with Gasteiger partial charge < -0.3 is 14.0 Å². The summed E-state index contributed by atoms with van der Waals surface area (Å²) in [6.07, 6.45) is 6.00. The number of imidazole rings is 1. The van der Waals surface area contributed by atoms with E-state index >= 15 is 0 Å². The van der Waals surface area contributed by atoms with Gasteiger partial charge in [0.2, 0.25) is 0 Å². The third-order valence-corrected chi connectivity index (χ3v) is 3.82. The molecular weight excluding hydrogens is 244 g/mol. The van der Waals surface area contributed by atoms with E-state index in [1.807, 2.05) is 24.2 Å². The van der Waals surface area contributed by atoms with Crippen molar-refractivity contribution < 1.29 is 0 Å². The molecule has 0 unspecified atom stereocenters. The summed E-state index contributed by atoms with van der Waals surface area (Å²) in [6, 6.07) is 4.22. The van der Waals surface area contributed by atoms with E-state index in [9.17, 15) is 0 Å². The normalized spacial score (nSPS) is 11.3. The van der Waals surface area contributed by atoms with Crippen LogP contribution in [0.5, 0.6) is 0 Å². The molecular formula is C13H20N4S. The molecule has 0 amide bonds. The lowest BCUT2D eigenvalue weighted by Gasteiger charge is -2.10. The third kappa shape index (κ3) is 3.40. The average Bonchev–Trinajstić information content (AvgIpc) is 2.90. The number of nitrogens with zero attached hydrogens (tertiary/aromatic N) is 4. The van der Waals surface area contributed by atoms with Crippen LogP contribution in [0.15, 0.2) is 35.9 Å². The maximum absolute atomic E-state index is 4.42. The molecule has 2 heterocycles. The summed E-state index contributed by atoms with van der Waals surface area (Å²) < 4.78 is 4.35. The Kier molecular flexibility index (Phi) is 4.49. The number of hydrogen-bond acceptors (Lipinski definition) is 3. The maximum atomic E-state index is 4.42. The minimum Gasteiger partial charge on any atom is -0.353 e. The van der Waals surface area contributed by atoms with Gasteiger partial charge in [0, 0.05) is 43.6 Å². The fourth-order valence-corrected chi connectivity index (χ4v) is 2.78. The molecule has 0 saturated carbocycles. The van der Waals surface area contributed by atoms with Gasteiger partial charge in [0.15, 0.2) is 5.16 Å². The number of aryl methyl sites for hydroxylation is 1. The molecule has 4 nitrogen and oxygen atoms in total. The van der Waals surface area contributed by atoms with Crippen LogP contribution in [0.2, 0.25) is 0 Å². The van der Waals surface area contributed by atoms with Gasteiger partial charge in [-0.05, 0) is 26.2 Å². The zero-order chi connectivity index (χ0) is 13.0. The lowest BCUT2D eigenvalue weighted by atomic mass is 10.4. The summed E-state index contributed by atoms with van der Waals surface area (Å²) in [5.74, 6) is 1.07. The van der Waals surface area contributed by atoms with Crippen LogP contribution in [-0.2, 0) is 13.6 Å². The first kappa shape index (κ1) is 13.2. The number of rotatable bonds is 6. The minimum atomic E-state index is 0.883. The standard InChI is InChI=1S/C13H20N4S/c1-15(2)9-10-18-13-14-6-8-17(13)11-12-5-4-7-16(12)3/h4-8H,9-11H2,1-3H3. The Balaban J connectivity index is 1.97. The van der Waals surface area contributed by atoms with Gasteiger partial charge in [0.25, 0.3) is 0 Å². The van der Waals surface area contributed by atoms with E-state index in [0.717, 1.165) is 24.0 Å². The van der Waals surface area contributed by atoms with Gasteiger partial charge in [-0.3, -0.25) is 0 Å². The predicted molar refractivity (Wildman–Crippen MR) is 76.0 cm³/mol. The van der Waals surface area contributed by atoms with Crippen molar-refractivity contribution in [3.63, 3.8) is 0 Å². The molecule has 0 aliphatic heterocycles. The minimum absolute atomic E-state index is 0.883. The van der Waals surface area contributed by atoms with Gasteiger partial charge in [-0.25, -0.2) is 4.98 Å². The lowest BCUT2D eigenvalue weighted by Crippen LogP contribution is -2.15. The highest BCUT2D eigenvalue weighted by atomic mass is 32.2. The molecule has 0 aliphatic rings. The second-order valence-corrected chi connectivity index (χ2v) is 5.66. The molecule has 2 aromatic heterocycles. The maximum Gasteiger partial charge on any atom is 0.168 e. The van der Waals surface area contributed by atoms with Crippen molar-refractivity contribution in [2.45, 2.75) is 11.7 Å². The van der Waals surface area contributed by atoms with Crippen molar-refractivity contribution in [2.75, 3.05) is 26.4 Å². The average molecular weight is 264 g/mol. The molecule has 0 aromatic carbocycles. The van der Waals surface area contributed by atoms with Gasteiger partial charge >= 0.3 is 0 Å². The van der Waals surface area contributed by atoms with Crippen LogP contribution < -0.4 is 0 Å². The molecule has 0 saturated heterocycles. The first-order chi connectivity index (χ1) is 8.66. The highest BCUT2D eigenvalue weighted by molar-refractivity contribution is 7.99. The van der Waals surface area contributed by atoms with Crippen LogP contribution in [0.25, 0.3) is 0 Å². The fraction of sp³-hybridized carbons (Fsp3) is 0.462. The Bertz CT molecular complexity index is 487. The summed E-state index contributed by atoms with van der Waals surface area (Å²) in [5, 5.41) is 1.10. The molecule has 2 rings (SSSR count). The topological polar surface area (TPSA) is 26.0 Å². The van der Waals surface area contributed by atoms with Crippen molar-refractivity contribution in [3.05, 3.63) is 36.4 Å². The summed E-state index contributed by atoms with van der Waals surface area (Å²) >= 11 is 1.81. The summed E-state index contributed by atoms with van der Waals surface area (Å²) in [5.41, 5.74) is 1.29. The Labute approximate surface area is 113 Å². The molecule has 0 fully saturated rings. The van der Waals surface area contributed by atoms with Gasteiger partial charge in [0.05, 0.1) is 6.54 Å². The van der Waals surface area contributed by atoms with Crippen LogP contribution >= 0.6 is 11.8 Å². The van der Waals surface area contributed by atoms with Crippen molar-refractivity contribution in [2.24, 2.45) is 7.05 Å². The zero-order valence-electron chi connectivity index (χ0n) is 11.2. The Morgan fingerprint density at radius 1 is 1.33 bits per heavy atom. The molecule has 0 aliphatic carbocycles. The van der Waals surface area contributed by atoms with Crippen molar-refractivity contribution in [1.82, 2.24) is 19.0 Å². The molecule has 98 valence electrons. The SMILES string of the molecule is CN(C)CCSc1nccn1Cc1cccn1C. The van der Waals surface area contributed by atoms with Crippen LogP contribution in [0.3, 0.4) is 0 Å². The fourth-order valence-electron chi connectivity index (χ4n) is 1.71. The Morgan fingerprint density at radius 3 is 2.83 bits per heavy atom. The summed E-state index contributed by atoms with van der Waals surface area (Å²) in [6.45, 7) is 1.95. The first-order valence-corrected chi connectivity index (χ1v) is 7.04. The first-order valence-electron chi connectivity index (χ1n) is 6.05. The number of thioether (sulfide) groups is 1. The predicted octanol–water partition coefficient (Wildman–Crippen LogP) is 1.92. The molecule has 0 N–H and O–H groups in total. The summed E-state index contributed by atoms with van der Waals surface area (Å²) in [4.78, 5) is 6.61. The zero-order valence-corrected chi connectivity index (χ0v) is 12.0. The highest BCUT2D eigenvalue weighted by Gasteiger charge is 2.06. The van der Waals surface area contributed by atoms with Crippen molar-refractivity contribution in [1.29, 1.82) is 0 Å². The quantitative estimate of drug-likeness (QED) is 0.746. The van der Waals surface area contributed by atoms with E-state index in [1.165, 1.54) is 5.69 Å². The van der Waals surface area contributed by atoms with Gasteiger partial charge in [-0.1, -0.05) is 11.8 Å². The molecule has 0 radical (unpaired) electrons. The summed E-state index contributed by atoms with van der Waals surface area (Å²) in [7, 11) is 6.26. The van der Waals surface area contributed by atoms with Gasteiger partial charge in [-0.2, -0.15) is 0 Å². The van der Waals surface area contributed by atoms with Crippen LogP contribution in [-0.4, -0.2) is 45.4 Å². The van der Waals surface area contributed by atoms with E-state index < -0.39 is 0 Å². The van der Waals surface area contributed by atoms with Crippen LogP contribution in [0.1, 0.15) is 5.69 Å². The third-order valence-electron chi connectivity index (χ3n) is 2.83. The van der Waals surface area contributed by atoms with E-state index in [0.29, 0.717) is 0 Å². The lowest BCUT2D eigenvalue weighted by molar-refractivity contribution is 0.437. The number of aromatic nitrogens is 3. The van der Waals surface area contributed by atoms with Crippen molar-refractivity contribution >= 4 is 11.8 Å². The largest absolute Gasteiger partial charge is 0.353 e. The number of hydrogen-bond donors (Lipinski definition) is 0. The van der Waals surface area contributed by atoms with Crippen LogP contribution in [0, 0.1) is 0 Å². The molecule has 18 heavy (non-hydrogen) atoms. The van der Waals surface area contributed by atoms with E-state index in [1.54, 1.807) is 0 Å². The van der Waals surface area contributed by atoms with Gasteiger partial charge in [-0.15, -0.1) is 0 Å². The second kappa shape index (κ2) is 6.11. The van der Waals surface area contributed by atoms with E-state index in [2.05, 4.69) is 58.5 Å². The molecule has 5 heteroatoms. The second-order valence-electron chi connectivity index (χ2n) is 4.60. The van der Waals surface area contributed by atoms with Crippen LogP contribution in [0.4, 0.5) is 0 Å². The van der Waals surface area contributed by atoms with E-state index in [4.69, 9.17) is 0 Å². The van der Waals surface area contributed by atoms with Crippen molar-refractivity contribution in [3.8, 4) is 0 Å².